The molecule has 0 bridgehead atoms. The van der Waals surface area contributed by atoms with E-state index < -0.39 is 0 Å². The fourth-order valence-corrected chi connectivity index (χ4v) is 2.90. The molecule has 4 rings (SSSR count). The monoisotopic (exact) mass is 319 g/mol. The standard InChI is InChI=1S/C18H17N5O/c1-12-7-10-23-18(20-12)17(13(2)21-23)15-6-5-14(11-16(15)24-3)22-9-4-8-19-22/h4-11H,1-3H3. The molecule has 120 valence electrons. The molecule has 0 saturated heterocycles. The van der Waals surface area contributed by atoms with Crippen LogP contribution in [0.15, 0.2) is 48.9 Å². The summed E-state index contributed by atoms with van der Waals surface area (Å²) in [5.74, 6) is 0.768. The van der Waals surface area contributed by atoms with Gasteiger partial charge in [0.1, 0.15) is 5.75 Å². The van der Waals surface area contributed by atoms with Crippen molar-refractivity contribution in [1.29, 1.82) is 0 Å². The van der Waals surface area contributed by atoms with Gasteiger partial charge in [-0.2, -0.15) is 10.2 Å². The Morgan fingerprint density at radius 3 is 2.71 bits per heavy atom. The van der Waals surface area contributed by atoms with E-state index in [0.29, 0.717) is 0 Å². The number of fused-ring (bicyclic) bond motifs is 1. The maximum Gasteiger partial charge on any atom is 0.163 e. The summed E-state index contributed by atoms with van der Waals surface area (Å²) < 4.78 is 9.24. The molecule has 0 aliphatic rings. The summed E-state index contributed by atoms with van der Waals surface area (Å²) in [6.45, 7) is 3.96. The number of aromatic nitrogens is 5. The van der Waals surface area contributed by atoms with Gasteiger partial charge in [0.15, 0.2) is 5.65 Å². The lowest BCUT2D eigenvalue weighted by molar-refractivity contribution is 0.416. The van der Waals surface area contributed by atoms with Crippen LogP contribution in [-0.4, -0.2) is 31.5 Å². The van der Waals surface area contributed by atoms with Gasteiger partial charge in [0, 0.05) is 35.9 Å². The van der Waals surface area contributed by atoms with E-state index in [1.807, 2.05) is 56.6 Å². The lowest BCUT2D eigenvalue weighted by Crippen LogP contribution is -1.97. The summed E-state index contributed by atoms with van der Waals surface area (Å²) in [6.07, 6.45) is 5.58. The second-order valence-electron chi connectivity index (χ2n) is 5.63. The van der Waals surface area contributed by atoms with Crippen molar-refractivity contribution in [3.05, 3.63) is 60.3 Å². The van der Waals surface area contributed by atoms with Gasteiger partial charge in [0.25, 0.3) is 0 Å². The zero-order valence-electron chi connectivity index (χ0n) is 13.8. The third kappa shape index (κ3) is 2.23. The average molecular weight is 319 g/mol. The average Bonchev–Trinajstić information content (AvgIpc) is 3.21. The summed E-state index contributed by atoms with van der Waals surface area (Å²) in [7, 11) is 1.67. The first-order valence-corrected chi connectivity index (χ1v) is 7.68. The Bertz CT molecular complexity index is 1020. The molecule has 0 spiro atoms. The van der Waals surface area contributed by atoms with E-state index in [-0.39, 0.29) is 0 Å². The second kappa shape index (κ2) is 5.49. The van der Waals surface area contributed by atoms with Gasteiger partial charge in [0.2, 0.25) is 0 Å². The molecule has 0 amide bonds. The predicted octanol–water partition coefficient (Wildman–Crippen LogP) is 3.21. The fraction of sp³-hybridized carbons (Fsp3) is 0.167. The van der Waals surface area contributed by atoms with Crippen LogP contribution in [0.4, 0.5) is 0 Å². The molecule has 24 heavy (non-hydrogen) atoms. The van der Waals surface area contributed by atoms with Crippen molar-refractivity contribution in [2.75, 3.05) is 7.11 Å². The molecule has 6 nitrogen and oxygen atoms in total. The van der Waals surface area contributed by atoms with Crippen molar-refractivity contribution in [1.82, 2.24) is 24.4 Å². The molecule has 4 aromatic rings. The zero-order valence-corrected chi connectivity index (χ0v) is 13.8. The molecule has 0 radical (unpaired) electrons. The Morgan fingerprint density at radius 1 is 1.08 bits per heavy atom. The minimum atomic E-state index is 0.768. The normalized spacial score (nSPS) is 11.1. The molecular weight excluding hydrogens is 302 g/mol. The molecule has 0 aliphatic carbocycles. The van der Waals surface area contributed by atoms with Crippen molar-refractivity contribution < 1.29 is 4.74 Å². The van der Waals surface area contributed by atoms with Gasteiger partial charge >= 0.3 is 0 Å². The van der Waals surface area contributed by atoms with Crippen LogP contribution in [0.25, 0.3) is 22.5 Å². The lowest BCUT2D eigenvalue weighted by atomic mass is 10.0. The van der Waals surface area contributed by atoms with E-state index >= 15 is 0 Å². The van der Waals surface area contributed by atoms with E-state index in [1.54, 1.807) is 22.5 Å². The predicted molar refractivity (Wildman–Crippen MR) is 91.6 cm³/mol. The molecule has 0 atom stereocenters. The number of aryl methyl sites for hydroxylation is 2. The molecule has 3 heterocycles. The largest absolute Gasteiger partial charge is 0.496 e. The Labute approximate surface area is 139 Å². The first-order valence-electron chi connectivity index (χ1n) is 7.68. The summed E-state index contributed by atoms with van der Waals surface area (Å²) in [4.78, 5) is 4.65. The van der Waals surface area contributed by atoms with Crippen LogP contribution >= 0.6 is 0 Å². The number of rotatable bonds is 3. The Hall–Kier alpha value is -3.15. The first kappa shape index (κ1) is 14.4. The number of ether oxygens (including phenoxy) is 1. The van der Waals surface area contributed by atoms with Crippen LogP contribution in [0.3, 0.4) is 0 Å². The van der Waals surface area contributed by atoms with E-state index in [4.69, 9.17) is 4.74 Å². The van der Waals surface area contributed by atoms with Gasteiger partial charge in [-0.1, -0.05) is 0 Å². The van der Waals surface area contributed by atoms with E-state index in [1.165, 1.54) is 0 Å². The number of hydrogen-bond acceptors (Lipinski definition) is 4. The highest BCUT2D eigenvalue weighted by Crippen LogP contribution is 2.35. The van der Waals surface area contributed by atoms with Crippen LogP contribution < -0.4 is 4.74 Å². The van der Waals surface area contributed by atoms with Gasteiger partial charge in [-0.15, -0.1) is 0 Å². The third-order valence-corrected chi connectivity index (χ3v) is 4.02. The molecule has 0 fully saturated rings. The van der Waals surface area contributed by atoms with Crippen molar-refractivity contribution >= 4 is 5.65 Å². The fourth-order valence-electron chi connectivity index (χ4n) is 2.90. The summed E-state index contributed by atoms with van der Waals surface area (Å²) in [5.41, 5.74) is 5.60. The van der Waals surface area contributed by atoms with Crippen LogP contribution in [-0.2, 0) is 0 Å². The lowest BCUT2D eigenvalue weighted by Gasteiger charge is -2.11. The zero-order chi connectivity index (χ0) is 16.7. The van der Waals surface area contributed by atoms with Gasteiger partial charge in [0.05, 0.1) is 24.1 Å². The van der Waals surface area contributed by atoms with Crippen LogP contribution in [0, 0.1) is 13.8 Å². The molecule has 6 heteroatoms. The minimum Gasteiger partial charge on any atom is -0.496 e. The SMILES string of the molecule is COc1cc(-n2cccn2)ccc1-c1c(C)nn2ccc(C)nc12. The summed E-state index contributed by atoms with van der Waals surface area (Å²) >= 11 is 0. The molecule has 0 N–H and O–H groups in total. The highest BCUT2D eigenvalue weighted by Gasteiger charge is 2.17. The number of nitrogens with zero attached hydrogens (tertiary/aromatic N) is 5. The molecule has 1 aromatic carbocycles. The topological polar surface area (TPSA) is 57.2 Å². The van der Waals surface area contributed by atoms with Gasteiger partial charge in [-0.05, 0) is 38.1 Å². The van der Waals surface area contributed by atoms with Crippen molar-refractivity contribution in [3.63, 3.8) is 0 Å². The van der Waals surface area contributed by atoms with Crippen LogP contribution in [0.1, 0.15) is 11.4 Å². The number of hydrogen-bond donors (Lipinski definition) is 0. The summed E-state index contributed by atoms with van der Waals surface area (Å²) in [5, 5.41) is 8.83. The highest BCUT2D eigenvalue weighted by molar-refractivity contribution is 5.84. The van der Waals surface area contributed by atoms with E-state index in [0.717, 1.165) is 39.6 Å². The van der Waals surface area contributed by atoms with Gasteiger partial charge in [-0.25, -0.2) is 14.2 Å². The molecule has 0 saturated carbocycles. The van der Waals surface area contributed by atoms with E-state index in [9.17, 15) is 0 Å². The molecule has 0 unspecified atom stereocenters. The van der Waals surface area contributed by atoms with Crippen LogP contribution in [0.2, 0.25) is 0 Å². The van der Waals surface area contributed by atoms with Crippen LogP contribution in [0.5, 0.6) is 5.75 Å². The van der Waals surface area contributed by atoms with Crippen molar-refractivity contribution in [2.45, 2.75) is 13.8 Å². The van der Waals surface area contributed by atoms with Gasteiger partial charge < -0.3 is 4.74 Å². The molecule has 0 aliphatic heterocycles. The van der Waals surface area contributed by atoms with Crippen molar-refractivity contribution in [3.8, 4) is 22.6 Å². The Morgan fingerprint density at radius 2 is 1.96 bits per heavy atom. The number of benzene rings is 1. The minimum absolute atomic E-state index is 0.768. The van der Waals surface area contributed by atoms with E-state index in [2.05, 4.69) is 15.2 Å². The molecule has 3 aromatic heterocycles. The first-order chi connectivity index (χ1) is 11.7. The quantitative estimate of drug-likeness (QED) is 0.582. The van der Waals surface area contributed by atoms with Crippen molar-refractivity contribution in [2.24, 2.45) is 0 Å². The highest BCUT2D eigenvalue weighted by atomic mass is 16.5. The maximum absolute atomic E-state index is 5.64. The Kier molecular flexibility index (Phi) is 3.30. The third-order valence-electron chi connectivity index (χ3n) is 4.02. The second-order valence-corrected chi connectivity index (χ2v) is 5.63. The van der Waals surface area contributed by atoms with Gasteiger partial charge in [-0.3, -0.25) is 0 Å². The molecular formula is C18H17N5O. The maximum atomic E-state index is 5.64. The Balaban J connectivity index is 1.94. The number of methoxy groups -OCH3 is 1. The smallest absolute Gasteiger partial charge is 0.163 e. The summed E-state index contributed by atoms with van der Waals surface area (Å²) in [6, 6.07) is 9.86.